The standard InChI is InChI=1S/C17H20N6O2/c1-20-15(24)13-7-11(18)9-23(13)16(25)12-8-21-17(19)22-14(12)10-5-3-2-4-6-10/h2-6,8,11,13H,7,9,18H2,1H3,(H,20,24)(H2,19,21,22)/t11-,13-/m0/s1. The van der Waals surface area contributed by atoms with Gasteiger partial charge >= 0.3 is 0 Å². The second-order valence-electron chi connectivity index (χ2n) is 5.94. The zero-order valence-corrected chi connectivity index (χ0v) is 13.8. The molecule has 0 bridgehead atoms. The van der Waals surface area contributed by atoms with Gasteiger partial charge in [0.1, 0.15) is 6.04 Å². The zero-order chi connectivity index (χ0) is 18.0. The SMILES string of the molecule is CNC(=O)[C@@H]1C[C@H](N)CN1C(=O)c1cnc(N)nc1-c1ccccc1. The van der Waals surface area contributed by atoms with Crippen molar-refractivity contribution in [1.29, 1.82) is 0 Å². The number of amides is 2. The third-order valence-electron chi connectivity index (χ3n) is 4.23. The fourth-order valence-electron chi connectivity index (χ4n) is 3.03. The number of nitrogens with two attached hydrogens (primary N) is 2. The number of anilines is 1. The summed E-state index contributed by atoms with van der Waals surface area (Å²) in [5, 5.41) is 2.58. The van der Waals surface area contributed by atoms with Crippen LogP contribution in [0.25, 0.3) is 11.3 Å². The molecule has 130 valence electrons. The maximum Gasteiger partial charge on any atom is 0.258 e. The van der Waals surface area contributed by atoms with Crippen molar-refractivity contribution in [2.24, 2.45) is 5.73 Å². The third-order valence-corrected chi connectivity index (χ3v) is 4.23. The van der Waals surface area contributed by atoms with E-state index in [0.29, 0.717) is 24.2 Å². The number of carbonyl (C=O) groups is 2. The Bertz CT molecular complexity index is 795. The number of hydrogen-bond donors (Lipinski definition) is 3. The van der Waals surface area contributed by atoms with Gasteiger partial charge in [0.2, 0.25) is 11.9 Å². The van der Waals surface area contributed by atoms with Crippen molar-refractivity contribution in [3.63, 3.8) is 0 Å². The number of nitrogens with one attached hydrogen (secondary N) is 1. The molecule has 3 rings (SSSR count). The van der Waals surface area contributed by atoms with Crippen molar-refractivity contribution in [2.75, 3.05) is 19.3 Å². The summed E-state index contributed by atoms with van der Waals surface area (Å²) in [6, 6.07) is 8.39. The van der Waals surface area contributed by atoms with E-state index in [1.54, 1.807) is 0 Å². The highest BCUT2D eigenvalue weighted by Crippen LogP contribution is 2.26. The van der Waals surface area contributed by atoms with Crippen molar-refractivity contribution in [3.05, 3.63) is 42.1 Å². The molecule has 0 radical (unpaired) electrons. The Balaban J connectivity index is 2.01. The summed E-state index contributed by atoms with van der Waals surface area (Å²) in [5.74, 6) is -0.490. The Hall–Kier alpha value is -3.00. The van der Waals surface area contributed by atoms with Gasteiger partial charge in [0.15, 0.2) is 0 Å². The number of nitrogen functional groups attached to an aromatic ring is 1. The first-order valence-electron chi connectivity index (χ1n) is 7.97. The van der Waals surface area contributed by atoms with Crippen LogP contribution in [0.3, 0.4) is 0 Å². The molecule has 2 heterocycles. The minimum absolute atomic E-state index is 0.0800. The first kappa shape index (κ1) is 16.8. The van der Waals surface area contributed by atoms with Gasteiger partial charge < -0.3 is 21.7 Å². The van der Waals surface area contributed by atoms with Crippen LogP contribution in [0, 0.1) is 0 Å². The van der Waals surface area contributed by atoms with E-state index in [9.17, 15) is 9.59 Å². The molecule has 2 amide bonds. The van der Waals surface area contributed by atoms with Gasteiger partial charge in [0, 0.05) is 31.4 Å². The van der Waals surface area contributed by atoms with Gasteiger partial charge in [-0.1, -0.05) is 30.3 Å². The lowest BCUT2D eigenvalue weighted by Gasteiger charge is -2.24. The largest absolute Gasteiger partial charge is 0.368 e. The van der Waals surface area contributed by atoms with Gasteiger partial charge in [0.05, 0.1) is 11.3 Å². The summed E-state index contributed by atoms with van der Waals surface area (Å²) in [5.41, 5.74) is 13.2. The summed E-state index contributed by atoms with van der Waals surface area (Å²) in [7, 11) is 1.54. The molecule has 5 N–H and O–H groups in total. The Labute approximate surface area is 145 Å². The summed E-state index contributed by atoms with van der Waals surface area (Å²) >= 11 is 0. The van der Waals surface area contributed by atoms with Gasteiger partial charge in [-0.15, -0.1) is 0 Å². The van der Waals surface area contributed by atoms with Crippen LogP contribution in [0.15, 0.2) is 36.5 Å². The number of benzene rings is 1. The van der Waals surface area contributed by atoms with Crippen LogP contribution in [0.4, 0.5) is 5.95 Å². The average Bonchev–Trinajstić information content (AvgIpc) is 3.03. The first-order chi connectivity index (χ1) is 12.0. The van der Waals surface area contributed by atoms with Crippen molar-refractivity contribution in [3.8, 4) is 11.3 Å². The van der Waals surface area contributed by atoms with E-state index in [2.05, 4.69) is 15.3 Å². The second kappa shape index (κ2) is 6.86. The number of aromatic nitrogens is 2. The van der Waals surface area contributed by atoms with Crippen molar-refractivity contribution < 1.29 is 9.59 Å². The Kier molecular flexibility index (Phi) is 4.62. The number of nitrogens with zero attached hydrogens (tertiary/aromatic N) is 3. The molecule has 8 nitrogen and oxygen atoms in total. The Morgan fingerprint density at radius 3 is 2.68 bits per heavy atom. The van der Waals surface area contributed by atoms with E-state index >= 15 is 0 Å². The molecule has 0 unspecified atom stereocenters. The monoisotopic (exact) mass is 340 g/mol. The minimum Gasteiger partial charge on any atom is -0.368 e. The number of hydrogen-bond acceptors (Lipinski definition) is 6. The van der Waals surface area contributed by atoms with Crippen molar-refractivity contribution in [2.45, 2.75) is 18.5 Å². The summed E-state index contributed by atoms with van der Waals surface area (Å²) < 4.78 is 0. The van der Waals surface area contributed by atoms with Crippen LogP contribution < -0.4 is 16.8 Å². The van der Waals surface area contributed by atoms with Gasteiger partial charge in [-0.3, -0.25) is 9.59 Å². The summed E-state index contributed by atoms with van der Waals surface area (Å²) in [6.07, 6.45) is 1.82. The maximum atomic E-state index is 13.1. The van der Waals surface area contributed by atoms with Gasteiger partial charge in [-0.2, -0.15) is 0 Å². The number of likely N-dealkylation sites (tertiary alicyclic amines) is 1. The molecule has 1 saturated heterocycles. The highest BCUT2D eigenvalue weighted by molar-refractivity contribution is 6.02. The molecular weight excluding hydrogens is 320 g/mol. The van der Waals surface area contributed by atoms with Crippen LogP contribution in [0.1, 0.15) is 16.8 Å². The average molecular weight is 340 g/mol. The topological polar surface area (TPSA) is 127 Å². The third kappa shape index (κ3) is 3.29. The van der Waals surface area contributed by atoms with Crippen LogP contribution in [-0.4, -0.2) is 52.4 Å². The van der Waals surface area contributed by atoms with E-state index < -0.39 is 6.04 Å². The Morgan fingerprint density at radius 1 is 1.28 bits per heavy atom. The predicted octanol–water partition coefficient (Wildman–Crippen LogP) is 0.0136. The lowest BCUT2D eigenvalue weighted by atomic mass is 10.1. The highest BCUT2D eigenvalue weighted by Gasteiger charge is 2.39. The molecule has 8 heteroatoms. The quantitative estimate of drug-likeness (QED) is 0.722. The van der Waals surface area contributed by atoms with Gasteiger partial charge in [-0.25, -0.2) is 9.97 Å². The maximum absolute atomic E-state index is 13.1. The smallest absolute Gasteiger partial charge is 0.258 e. The first-order valence-corrected chi connectivity index (χ1v) is 7.97. The Morgan fingerprint density at radius 2 is 2.00 bits per heavy atom. The minimum atomic E-state index is -0.603. The normalized spacial score (nSPS) is 19.7. The van der Waals surface area contributed by atoms with Crippen molar-refractivity contribution in [1.82, 2.24) is 20.2 Å². The lowest BCUT2D eigenvalue weighted by Crippen LogP contribution is -2.45. The van der Waals surface area contributed by atoms with Crippen LogP contribution in [0.2, 0.25) is 0 Å². The molecule has 2 atom stereocenters. The van der Waals surface area contributed by atoms with Crippen LogP contribution >= 0.6 is 0 Å². The van der Waals surface area contributed by atoms with Gasteiger partial charge in [-0.05, 0) is 6.42 Å². The van der Waals surface area contributed by atoms with E-state index in [-0.39, 0.29) is 23.8 Å². The number of likely N-dealkylation sites (N-methyl/N-ethyl adjacent to an activating group) is 1. The molecule has 1 aliphatic heterocycles. The zero-order valence-electron chi connectivity index (χ0n) is 13.8. The predicted molar refractivity (Wildman–Crippen MR) is 93.4 cm³/mol. The molecule has 2 aromatic rings. The van der Waals surface area contributed by atoms with E-state index in [1.807, 2.05) is 30.3 Å². The summed E-state index contributed by atoms with van der Waals surface area (Å²) in [4.78, 5) is 34.9. The van der Waals surface area contributed by atoms with E-state index in [0.717, 1.165) is 5.56 Å². The molecule has 0 aliphatic carbocycles. The molecule has 0 saturated carbocycles. The molecular formula is C17H20N6O2. The second-order valence-corrected chi connectivity index (χ2v) is 5.94. The fraction of sp³-hybridized carbons (Fsp3) is 0.294. The lowest BCUT2D eigenvalue weighted by molar-refractivity contribution is -0.124. The van der Waals surface area contributed by atoms with E-state index in [4.69, 9.17) is 11.5 Å². The summed E-state index contributed by atoms with van der Waals surface area (Å²) in [6.45, 7) is 0.301. The van der Waals surface area contributed by atoms with Crippen LogP contribution in [0.5, 0.6) is 0 Å². The van der Waals surface area contributed by atoms with Gasteiger partial charge in [0.25, 0.3) is 5.91 Å². The fourth-order valence-corrected chi connectivity index (χ4v) is 3.03. The highest BCUT2D eigenvalue weighted by atomic mass is 16.2. The molecule has 25 heavy (non-hydrogen) atoms. The molecule has 1 aliphatic rings. The van der Waals surface area contributed by atoms with Crippen molar-refractivity contribution >= 4 is 17.8 Å². The molecule has 1 aromatic heterocycles. The van der Waals surface area contributed by atoms with Crippen LogP contribution in [-0.2, 0) is 4.79 Å². The number of rotatable bonds is 3. The molecule has 1 aromatic carbocycles. The molecule has 0 spiro atoms. The molecule has 1 fully saturated rings. The van der Waals surface area contributed by atoms with E-state index in [1.165, 1.54) is 18.1 Å². The number of carbonyl (C=O) groups excluding carboxylic acids is 2.